The Labute approximate surface area is 163 Å². The molecular weight excluding hydrogens is 336 g/mol. The second-order valence-electron chi connectivity index (χ2n) is 7.92. The van der Waals surface area contributed by atoms with Crippen molar-refractivity contribution in [1.29, 1.82) is 0 Å². The second-order valence-corrected chi connectivity index (χ2v) is 7.92. The molecule has 0 radical (unpaired) electrons. The summed E-state index contributed by atoms with van der Waals surface area (Å²) in [4.78, 5) is 16.4. The number of rotatable bonds is 8. The lowest BCUT2D eigenvalue weighted by Crippen LogP contribution is -2.27. The smallest absolute Gasteiger partial charge is 0.412 e. The maximum absolute atomic E-state index is 11.8. The van der Waals surface area contributed by atoms with Crippen LogP contribution in [0.1, 0.15) is 65.4 Å². The lowest BCUT2D eigenvalue weighted by Gasteiger charge is -2.19. The van der Waals surface area contributed by atoms with Gasteiger partial charge in [0.1, 0.15) is 5.60 Å². The highest BCUT2D eigenvalue weighted by Gasteiger charge is 2.16. The van der Waals surface area contributed by atoms with Crippen molar-refractivity contribution in [2.24, 2.45) is 0 Å². The minimum absolute atomic E-state index is 0.448. The van der Waals surface area contributed by atoms with E-state index in [2.05, 4.69) is 29.4 Å². The molecular formula is C23H32N2O2. The minimum Gasteiger partial charge on any atom is -0.444 e. The monoisotopic (exact) mass is 368 g/mol. The number of pyridine rings is 1. The van der Waals surface area contributed by atoms with Crippen molar-refractivity contribution >= 4 is 11.8 Å². The molecule has 0 unspecified atom stereocenters. The maximum Gasteiger partial charge on any atom is 0.412 e. The van der Waals surface area contributed by atoms with Crippen molar-refractivity contribution in [1.82, 2.24) is 4.98 Å². The number of benzene rings is 1. The first-order valence-corrected chi connectivity index (χ1v) is 9.93. The first-order valence-electron chi connectivity index (χ1n) is 9.93. The quantitative estimate of drug-likeness (QED) is 0.533. The van der Waals surface area contributed by atoms with E-state index in [4.69, 9.17) is 4.74 Å². The van der Waals surface area contributed by atoms with E-state index in [0.717, 1.165) is 17.7 Å². The van der Waals surface area contributed by atoms with E-state index in [1.54, 1.807) is 0 Å². The van der Waals surface area contributed by atoms with Crippen LogP contribution < -0.4 is 5.32 Å². The summed E-state index contributed by atoms with van der Waals surface area (Å²) in [5.74, 6) is 0. The van der Waals surface area contributed by atoms with Crippen LogP contribution in [0.5, 0.6) is 0 Å². The molecule has 27 heavy (non-hydrogen) atoms. The molecule has 1 aromatic heterocycles. The van der Waals surface area contributed by atoms with Gasteiger partial charge in [-0.3, -0.25) is 10.3 Å². The summed E-state index contributed by atoms with van der Waals surface area (Å²) in [5, 5.41) is 2.74. The van der Waals surface area contributed by atoms with Crippen molar-refractivity contribution in [3.63, 3.8) is 0 Å². The van der Waals surface area contributed by atoms with Crippen LogP contribution in [0.15, 0.2) is 42.6 Å². The average molecular weight is 369 g/mol. The summed E-state index contributed by atoms with van der Waals surface area (Å²) >= 11 is 0. The predicted octanol–water partition coefficient (Wildman–Crippen LogP) is 6.61. The molecule has 1 amide bonds. The topological polar surface area (TPSA) is 51.2 Å². The zero-order chi connectivity index (χ0) is 19.7. The highest BCUT2D eigenvalue weighted by Crippen LogP contribution is 2.21. The summed E-state index contributed by atoms with van der Waals surface area (Å²) < 4.78 is 5.26. The van der Waals surface area contributed by atoms with Gasteiger partial charge in [0.25, 0.3) is 0 Å². The molecule has 4 nitrogen and oxygen atoms in total. The van der Waals surface area contributed by atoms with Gasteiger partial charge in [-0.05, 0) is 57.4 Å². The Morgan fingerprint density at radius 3 is 2.30 bits per heavy atom. The molecule has 1 N–H and O–H groups in total. The zero-order valence-electron chi connectivity index (χ0n) is 17.0. The van der Waals surface area contributed by atoms with E-state index in [-0.39, 0.29) is 0 Å². The number of ether oxygens (including phenoxy) is 1. The SMILES string of the molecule is CCCCCCCc1ccc(-c2ccc(NC(=O)OC(C)(C)C)cc2)nc1. The molecule has 146 valence electrons. The molecule has 1 aromatic carbocycles. The Morgan fingerprint density at radius 2 is 1.70 bits per heavy atom. The summed E-state index contributed by atoms with van der Waals surface area (Å²) in [6.07, 6.45) is 9.08. The van der Waals surface area contributed by atoms with Gasteiger partial charge in [0.05, 0.1) is 5.69 Å². The molecule has 0 atom stereocenters. The van der Waals surface area contributed by atoms with Crippen molar-refractivity contribution < 1.29 is 9.53 Å². The molecule has 2 rings (SSSR count). The van der Waals surface area contributed by atoms with Gasteiger partial charge in [-0.1, -0.05) is 50.8 Å². The van der Waals surface area contributed by atoms with E-state index in [0.29, 0.717) is 5.69 Å². The third-order valence-electron chi connectivity index (χ3n) is 4.22. The van der Waals surface area contributed by atoms with Gasteiger partial charge in [0.2, 0.25) is 0 Å². The highest BCUT2D eigenvalue weighted by atomic mass is 16.6. The largest absolute Gasteiger partial charge is 0.444 e. The Hall–Kier alpha value is -2.36. The molecule has 0 aliphatic rings. The van der Waals surface area contributed by atoms with Gasteiger partial charge in [-0.15, -0.1) is 0 Å². The van der Waals surface area contributed by atoms with Crippen molar-refractivity contribution in [3.05, 3.63) is 48.2 Å². The molecule has 0 saturated heterocycles. The van der Waals surface area contributed by atoms with E-state index in [1.165, 1.54) is 37.7 Å². The number of carbonyl (C=O) groups excluding carboxylic acids is 1. The first-order chi connectivity index (χ1) is 12.9. The number of nitrogens with zero attached hydrogens (tertiary/aromatic N) is 1. The van der Waals surface area contributed by atoms with Gasteiger partial charge in [-0.2, -0.15) is 0 Å². The van der Waals surface area contributed by atoms with Gasteiger partial charge in [0, 0.05) is 17.4 Å². The van der Waals surface area contributed by atoms with E-state index < -0.39 is 11.7 Å². The molecule has 0 aliphatic carbocycles. The van der Waals surface area contributed by atoms with Crippen LogP contribution >= 0.6 is 0 Å². The zero-order valence-corrected chi connectivity index (χ0v) is 17.0. The minimum atomic E-state index is -0.508. The van der Waals surface area contributed by atoms with Gasteiger partial charge < -0.3 is 4.74 Å². The normalized spacial score (nSPS) is 11.3. The summed E-state index contributed by atoms with van der Waals surface area (Å²) in [7, 11) is 0. The molecule has 1 heterocycles. The van der Waals surface area contributed by atoms with E-state index in [9.17, 15) is 4.79 Å². The van der Waals surface area contributed by atoms with Crippen LogP contribution in [0.25, 0.3) is 11.3 Å². The first kappa shape index (κ1) is 20.9. The Balaban J connectivity index is 1.88. The average Bonchev–Trinajstić information content (AvgIpc) is 2.61. The summed E-state index contributed by atoms with van der Waals surface area (Å²) in [6, 6.07) is 11.9. The van der Waals surface area contributed by atoms with Gasteiger partial charge >= 0.3 is 6.09 Å². The van der Waals surface area contributed by atoms with Crippen LogP contribution in [0.3, 0.4) is 0 Å². The van der Waals surface area contributed by atoms with E-state index in [1.807, 2.05) is 51.2 Å². The molecule has 4 heteroatoms. The molecule has 0 bridgehead atoms. The fraction of sp³-hybridized carbons (Fsp3) is 0.478. The van der Waals surface area contributed by atoms with E-state index >= 15 is 0 Å². The number of nitrogens with one attached hydrogen (secondary N) is 1. The fourth-order valence-electron chi connectivity index (χ4n) is 2.82. The van der Waals surface area contributed by atoms with Crippen molar-refractivity contribution in [2.75, 3.05) is 5.32 Å². The second kappa shape index (κ2) is 10.1. The van der Waals surface area contributed by atoms with Crippen LogP contribution in [0.4, 0.5) is 10.5 Å². The summed E-state index contributed by atoms with van der Waals surface area (Å²) in [6.45, 7) is 7.77. The lowest BCUT2D eigenvalue weighted by atomic mass is 10.1. The third-order valence-corrected chi connectivity index (χ3v) is 4.22. The number of amides is 1. The summed E-state index contributed by atoms with van der Waals surface area (Å²) in [5.41, 5.74) is 3.45. The Kier molecular flexibility index (Phi) is 7.83. The Bertz CT molecular complexity index is 701. The predicted molar refractivity (Wildman–Crippen MR) is 112 cm³/mol. The highest BCUT2D eigenvalue weighted by molar-refractivity contribution is 5.85. The number of unbranched alkanes of at least 4 members (excludes halogenated alkanes) is 4. The molecule has 0 saturated carbocycles. The Morgan fingerprint density at radius 1 is 1.00 bits per heavy atom. The van der Waals surface area contributed by atoms with Gasteiger partial charge in [-0.25, -0.2) is 4.79 Å². The van der Waals surface area contributed by atoms with Crippen LogP contribution in [-0.2, 0) is 11.2 Å². The number of hydrogen-bond donors (Lipinski definition) is 1. The van der Waals surface area contributed by atoms with Crippen molar-refractivity contribution in [3.8, 4) is 11.3 Å². The maximum atomic E-state index is 11.8. The van der Waals surface area contributed by atoms with Crippen LogP contribution in [0, 0.1) is 0 Å². The standard InChI is InChI=1S/C23H32N2O2/c1-5-6-7-8-9-10-18-11-16-21(24-17-18)19-12-14-20(15-13-19)25-22(26)27-23(2,3)4/h11-17H,5-10H2,1-4H3,(H,25,26). The van der Waals surface area contributed by atoms with Crippen LogP contribution in [-0.4, -0.2) is 16.7 Å². The molecule has 0 aliphatic heterocycles. The number of anilines is 1. The van der Waals surface area contributed by atoms with Gasteiger partial charge in [0.15, 0.2) is 0 Å². The number of aromatic nitrogens is 1. The van der Waals surface area contributed by atoms with Crippen molar-refractivity contribution in [2.45, 2.75) is 71.8 Å². The fourth-order valence-corrected chi connectivity index (χ4v) is 2.82. The third kappa shape index (κ3) is 7.81. The molecule has 0 fully saturated rings. The number of aryl methyl sites for hydroxylation is 1. The molecule has 0 spiro atoms. The molecule has 2 aromatic rings. The van der Waals surface area contributed by atoms with Crippen LogP contribution in [0.2, 0.25) is 0 Å². The number of hydrogen-bond acceptors (Lipinski definition) is 3. The number of carbonyl (C=O) groups is 1. The lowest BCUT2D eigenvalue weighted by molar-refractivity contribution is 0.0636.